The minimum Gasteiger partial charge on any atom is -0.478 e. The largest absolute Gasteiger partial charge is 0.478 e. The number of carboxylic acids is 1. The fraction of sp³-hybridized carbons (Fsp3) is 0.429. The lowest BCUT2D eigenvalue weighted by Crippen LogP contribution is -2.15. The van der Waals surface area contributed by atoms with Crippen LogP contribution in [0.4, 0.5) is 0 Å². The zero-order chi connectivity index (χ0) is 8.85. The second-order valence-corrected chi connectivity index (χ2v) is 2.10. The van der Waals surface area contributed by atoms with Gasteiger partial charge in [0, 0.05) is 6.08 Å². The van der Waals surface area contributed by atoms with Gasteiger partial charge in [-0.3, -0.25) is 4.79 Å². The smallest absolute Gasteiger partial charge is 0.327 e. The Hall–Kier alpha value is -1.16. The maximum absolute atomic E-state index is 10.4. The van der Waals surface area contributed by atoms with Gasteiger partial charge in [0.1, 0.15) is 6.10 Å². The lowest BCUT2D eigenvalue weighted by molar-refractivity contribution is -0.131. The Morgan fingerprint density at radius 3 is 2.45 bits per heavy atom. The Balaban J connectivity index is 3.70. The number of carboxylic acid groups (broad SMARTS) is 1. The molecule has 0 amide bonds. The zero-order valence-electron chi connectivity index (χ0n) is 6.15. The molecule has 0 rings (SSSR count). The summed E-state index contributed by atoms with van der Waals surface area (Å²) in [4.78, 5) is 20.3. The van der Waals surface area contributed by atoms with Crippen LogP contribution in [0.5, 0.6) is 0 Å². The third kappa shape index (κ3) is 5.29. The molecule has 0 radical (unpaired) electrons. The van der Waals surface area contributed by atoms with Crippen molar-refractivity contribution >= 4 is 11.8 Å². The number of ketones is 1. The fourth-order valence-electron chi connectivity index (χ4n) is 0.464. The Labute approximate surface area is 64.2 Å². The molecule has 1 atom stereocenters. The number of Topliss-reactive ketones (excluding diaryl/α,β-unsaturated/α-hetero) is 1. The molecule has 0 fully saturated rings. The van der Waals surface area contributed by atoms with Crippen molar-refractivity contribution in [2.24, 2.45) is 0 Å². The summed E-state index contributed by atoms with van der Waals surface area (Å²) in [7, 11) is 0. The Bertz CT molecular complexity index is 183. The van der Waals surface area contributed by atoms with Gasteiger partial charge in [0.25, 0.3) is 0 Å². The van der Waals surface area contributed by atoms with Gasteiger partial charge in [-0.15, -0.1) is 0 Å². The second kappa shape index (κ2) is 4.62. The van der Waals surface area contributed by atoms with E-state index in [1.807, 2.05) is 0 Å². The first-order valence-electron chi connectivity index (χ1n) is 3.12. The second-order valence-electron chi connectivity index (χ2n) is 2.10. The highest BCUT2D eigenvalue weighted by Gasteiger charge is 2.06. The van der Waals surface area contributed by atoms with Crippen molar-refractivity contribution in [2.75, 3.05) is 0 Å². The van der Waals surface area contributed by atoms with Gasteiger partial charge in [0.15, 0.2) is 5.78 Å². The van der Waals surface area contributed by atoms with Crippen molar-refractivity contribution in [2.45, 2.75) is 19.4 Å². The van der Waals surface area contributed by atoms with Crippen LogP contribution in [-0.2, 0) is 9.59 Å². The molecule has 0 aromatic heterocycles. The molecule has 4 heteroatoms. The lowest BCUT2D eigenvalue weighted by Gasteiger charge is -1.99. The van der Waals surface area contributed by atoms with E-state index in [9.17, 15) is 9.59 Å². The quantitative estimate of drug-likeness (QED) is 0.563. The van der Waals surface area contributed by atoms with E-state index in [4.69, 9.17) is 10.2 Å². The van der Waals surface area contributed by atoms with Gasteiger partial charge in [0.05, 0.1) is 0 Å². The number of rotatable bonds is 4. The van der Waals surface area contributed by atoms with E-state index >= 15 is 0 Å². The van der Waals surface area contributed by atoms with Crippen molar-refractivity contribution in [3.05, 3.63) is 12.2 Å². The average Bonchev–Trinajstić information content (AvgIpc) is 1.86. The van der Waals surface area contributed by atoms with Crippen molar-refractivity contribution < 1.29 is 19.8 Å². The summed E-state index contributed by atoms with van der Waals surface area (Å²) in [5.41, 5.74) is 0. The van der Waals surface area contributed by atoms with Crippen molar-refractivity contribution in [3.63, 3.8) is 0 Å². The SMILES string of the molecule is CC(=O)[C@H](O)C/C=C/C(=O)O. The summed E-state index contributed by atoms with van der Waals surface area (Å²) in [5, 5.41) is 17.0. The summed E-state index contributed by atoms with van der Waals surface area (Å²) in [6.45, 7) is 1.25. The van der Waals surface area contributed by atoms with E-state index < -0.39 is 12.1 Å². The van der Waals surface area contributed by atoms with Crippen LogP contribution in [0.1, 0.15) is 13.3 Å². The van der Waals surface area contributed by atoms with E-state index in [1.165, 1.54) is 13.0 Å². The maximum atomic E-state index is 10.4. The number of carbonyl (C=O) groups excluding carboxylic acids is 1. The first-order chi connectivity index (χ1) is 5.04. The van der Waals surface area contributed by atoms with Gasteiger partial charge in [-0.2, -0.15) is 0 Å². The predicted octanol–water partition coefficient (Wildman–Crippen LogP) is -0.0328. The van der Waals surface area contributed by atoms with Crippen LogP contribution in [0.3, 0.4) is 0 Å². The highest BCUT2D eigenvalue weighted by molar-refractivity contribution is 5.81. The zero-order valence-corrected chi connectivity index (χ0v) is 6.15. The average molecular weight is 158 g/mol. The molecule has 0 heterocycles. The molecule has 0 saturated heterocycles. The summed E-state index contributed by atoms with van der Waals surface area (Å²) < 4.78 is 0. The highest BCUT2D eigenvalue weighted by Crippen LogP contribution is 1.93. The van der Waals surface area contributed by atoms with E-state index in [-0.39, 0.29) is 12.2 Å². The van der Waals surface area contributed by atoms with Crippen molar-refractivity contribution in [3.8, 4) is 0 Å². The van der Waals surface area contributed by atoms with E-state index in [0.717, 1.165) is 6.08 Å². The molecule has 11 heavy (non-hydrogen) atoms. The van der Waals surface area contributed by atoms with Crippen molar-refractivity contribution in [1.29, 1.82) is 0 Å². The van der Waals surface area contributed by atoms with Crippen LogP contribution in [0.25, 0.3) is 0 Å². The molecular formula is C7H10O4. The normalized spacial score (nSPS) is 13.3. The monoisotopic (exact) mass is 158 g/mol. The number of aliphatic carboxylic acids is 1. The van der Waals surface area contributed by atoms with Crippen LogP contribution < -0.4 is 0 Å². The van der Waals surface area contributed by atoms with E-state index in [1.54, 1.807) is 0 Å². The Morgan fingerprint density at radius 1 is 1.55 bits per heavy atom. The first-order valence-corrected chi connectivity index (χ1v) is 3.12. The number of aliphatic hydroxyl groups is 1. The molecule has 0 aromatic rings. The summed E-state index contributed by atoms with van der Waals surface area (Å²) in [6, 6.07) is 0. The van der Waals surface area contributed by atoms with Crippen LogP contribution in [0.15, 0.2) is 12.2 Å². The van der Waals surface area contributed by atoms with Crippen LogP contribution in [0.2, 0.25) is 0 Å². The molecule has 0 aliphatic rings. The highest BCUT2D eigenvalue weighted by atomic mass is 16.4. The van der Waals surface area contributed by atoms with Gasteiger partial charge in [0.2, 0.25) is 0 Å². The van der Waals surface area contributed by atoms with Gasteiger partial charge in [-0.25, -0.2) is 4.79 Å². The number of carbonyl (C=O) groups is 2. The number of hydrogen-bond acceptors (Lipinski definition) is 3. The number of hydrogen-bond donors (Lipinski definition) is 2. The van der Waals surface area contributed by atoms with Crippen LogP contribution in [-0.4, -0.2) is 28.1 Å². The Kier molecular flexibility index (Phi) is 4.14. The van der Waals surface area contributed by atoms with Gasteiger partial charge >= 0.3 is 5.97 Å². The molecular weight excluding hydrogens is 148 g/mol. The van der Waals surface area contributed by atoms with E-state index in [2.05, 4.69) is 0 Å². The van der Waals surface area contributed by atoms with Crippen LogP contribution in [0, 0.1) is 0 Å². The summed E-state index contributed by atoms with van der Waals surface area (Å²) in [6.07, 6.45) is 1.12. The minimum atomic E-state index is -1.08. The third-order valence-electron chi connectivity index (χ3n) is 1.09. The van der Waals surface area contributed by atoms with Crippen LogP contribution >= 0.6 is 0 Å². The van der Waals surface area contributed by atoms with Gasteiger partial charge in [-0.1, -0.05) is 6.08 Å². The van der Waals surface area contributed by atoms with Gasteiger partial charge < -0.3 is 10.2 Å². The molecule has 0 unspecified atom stereocenters. The third-order valence-corrected chi connectivity index (χ3v) is 1.09. The fourth-order valence-corrected chi connectivity index (χ4v) is 0.464. The molecule has 0 saturated carbocycles. The topological polar surface area (TPSA) is 74.6 Å². The molecule has 0 aliphatic carbocycles. The molecule has 0 aliphatic heterocycles. The summed E-state index contributed by atoms with van der Waals surface area (Å²) >= 11 is 0. The predicted molar refractivity (Wildman–Crippen MR) is 38.1 cm³/mol. The molecule has 0 spiro atoms. The molecule has 62 valence electrons. The molecule has 2 N–H and O–H groups in total. The van der Waals surface area contributed by atoms with E-state index in [0.29, 0.717) is 0 Å². The standard InChI is InChI=1S/C7H10O4/c1-5(8)6(9)3-2-4-7(10)11/h2,4,6,9H,3H2,1H3,(H,10,11)/b4-2+/t6-/m1/s1. The molecule has 4 nitrogen and oxygen atoms in total. The summed E-state index contributed by atoms with van der Waals surface area (Å²) in [5.74, 6) is -1.44. The molecule has 0 bridgehead atoms. The maximum Gasteiger partial charge on any atom is 0.327 e. The minimum absolute atomic E-state index is 0.0572. The van der Waals surface area contributed by atoms with Crippen molar-refractivity contribution in [1.82, 2.24) is 0 Å². The Morgan fingerprint density at radius 2 is 2.09 bits per heavy atom. The first kappa shape index (κ1) is 9.84. The van der Waals surface area contributed by atoms with Gasteiger partial charge in [-0.05, 0) is 13.3 Å². The molecule has 0 aromatic carbocycles. The number of aliphatic hydroxyl groups excluding tert-OH is 1. The lowest BCUT2D eigenvalue weighted by atomic mass is 10.2.